The van der Waals surface area contributed by atoms with Gasteiger partial charge in [-0.15, -0.1) is 0 Å². The number of nitrogens with one attached hydrogen (secondary N) is 3. The molecule has 0 aliphatic heterocycles. The van der Waals surface area contributed by atoms with E-state index in [1.54, 1.807) is 32.0 Å². The van der Waals surface area contributed by atoms with E-state index in [4.69, 9.17) is 11.6 Å². The lowest BCUT2D eigenvalue weighted by molar-refractivity contribution is -0.132. The third-order valence-corrected chi connectivity index (χ3v) is 5.60. The van der Waals surface area contributed by atoms with E-state index >= 15 is 0 Å². The predicted molar refractivity (Wildman–Crippen MR) is 120 cm³/mol. The van der Waals surface area contributed by atoms with E-state index < -0.39 is 41.0 Å². The van der Waals surface area contributed by atoms with Crippen molar-refractivity contribution in [2.45, 2.75) is 38.3 Å². The molecule has 2 amide bonds. The number of rotatable bonds is 7. The Hall–Kier alpha value is -3.30. The number of halogens is 3. The van der Waals surface area contributed by atoms with Crippen molar-refractivity contribution < 1.29 is 23.5 Å². The molecule has 0 aliphatic rings. The Bertz CT molecular complexity index is 1160. The first-order valence-electron chi connectivity index (χ1n) is 10.0. The van der Waals surface area contributed by atoms with Crippen molar-refractivity contribution in [2.75, 3.05) is 5.32 Å². The zero-order valence-corrected chi connectivity index (χ0v) is 18.9. The highest BCUT2D eigenvalue weighted by atomic mass is 35.5. The molecule has 1 aromatic heterocycles. The van der Waals surface area contributed by atoms with Gasteiger partial charge in [0.1, 0.15) is 23.5 Å². The standard InChI is InChI=1S/C23H23ClF2N4O3/c1-12(27-22(33)20(31)16-6-4-5-7-17(16)24)21(32)28-19-11-18(29-30-19)23(2,3)13-8-14(25)10-15(26)9-13/h4-12,20,31H,1-3H3,(H,27,33)(H2,28,29,30,32)/t12-,20-/m0/s1. The third-order valence-electron chi connectivity index (χ3n) is 5.26. The Morgan fingerprint density at radius 1 is 1.09 bits per heavy atom. The van der Waals surface area contributed by atoms with Gasteiger partial charge in [0.2, 0.25) is 5.91 Å². The molecular weight excluding hydrogens is 454 g/mol. The fourth-order valence-corrected chi connectivity index (χ4v) is 3.44. The van der Waals surface area contributed by atoms with Crippen LogP contribution in [0.3, 0.4) is 0 Å². The van der Waals surface area contributed by atoms with Crippen LogP contribution in [0.5, 0.6) is 0 Å². The summed E-state index contributed by atoms with van der Waals surface area (Å²) in [6.45, 7) is 4.92. The molecule has 4 N–H and O–H groups in total. The topological polar surface area (TPSA) is 107 Å². The molecule has 0 bridgehead atoms. The minimum absolute atomic E-state index is 0.221. The Labute approximate surface area is 194 Å². The van der Waals surface area contributed by atoms with Gasteiger partial charge in [-0.05, 0) is 30.7 Å². The molecule has 0 unspecified atom stereocenters. The van der Waals surface area contributed by atoms with Gasteiger partial charge in [0.05, 0.1) is 5.69 Å². The van der Waals surface area contributed by atoms with E-state index in [1.807, 2.05) is 0 Å². The normalized spacial score (nSPS) is 13.3. The molecule has 7 nitrogen and oxygen atoms in total. The quantitative estimate of drug-likeness (QED) is 0.415. The monoisotopic (exact) mass is 476 g/mol. The lowest BCUT2D eigenvalue weighted by Gasteiger charge is -2.23. The zero-order valence-electron chi connectivity index (χ0n) is 18.1. The lowest BCUT2D eigenvalue weighted by Crippen LogP contribution is -2.43. The summed E-state index contributed by atoms with van der Waals surface area (Å²) in [5, 5.41) is 22.3. The molecule has 2 aromatic carbocycles. The van der Waals surface area contributed by atoms with Gasteiger partial charge in [-0.1, -0.05) is 43.6 Å². The van der Waals surface area contributed by atoms with Crippen molar-refractivity contribution >= 4 is 29.2 Å². The number of carbonyl (C=O) groups is 2. The van der Waals surface area contributed by atoms with Gasteiger partial charge in [-0.3, -0.25) is 14.7 Å². The van der Waals surface area contributed by atoms with Crippen LogP contribution in [0.1, 0.15) is 43.7 Å². The number of aliphatic hydroxyl groups is 1. The van der Waals surface area contributed by atoms with Crippen molar-refractivity contribution in [1.29, 1.82) is 0 Å². The van der Waals surface area contributed by atoms with Gasteiger partial charge in [-0.25, -0.2) is 8.78 Å². The maximum atomic E-state index is 13.6. The number of aliphatic hydroxyl groups excluding tert-OH is 1. The van der Waals surface area contributed by atoms with Gasteiger partial charge in [0.25, 0.3) is 5.91 Å². The van der Waals surface area contributed by atoms with Gasteiger partial charge in [-0.2, -0.15) is 5.10 Å². The minimum Gasteiger partial charge on any atom is -0.378 e. The summed E-state index contributed by atoms with van der Waals surface area (Å²) in [4.78, 5) is 24.8. The fraction of sp³-hybridized carbons (Fsp3) is 0.261. The highest BCUT2D eigenvalue weighted by Gasteiger charge is 2.28. The molecule has 0 fully saturated rings. The summed E-state index contributed by atoms with van der Waals surface area (Å²) in [5.41, 5.74) is 0.173. The molecule has 33 heavy (non-hydrogen) atoms. The largest absolute Gasteiger partial charge is 0.378 e. The highest BCUT2D eigenvalue weighted by Crippen LogP contribution is 2.32. The number of H-pyrrole nitrogens is 1. The molecule has 0 aliphatic carbocycles. The average molecular weight is 477 g/mol. The molecule has 10 heteroatoms. The molecule has 0 radical (unpaired) electrons. The molecule has 2 atom stereocenters. The number of carbonyl (C=O) groups excluding carboxylic acids is 2. The Balaban J connectivity index is 1.66. The van der Waals surface area contributed by atoms with Gasteiger partial charge in [0, 0.05) is 28.1 Å². The number of amides is 2. The third kappa shape index (κ3) is 5.55. The first-order chi connectivity index (χ1) is 15.5. The maximum absolute atomic E-state index is 13.6. The van der Waals surface area contributed by atoms with Gasteiger partial charge >= 0.3 is 0 Å². The first kappa shape index (κ1) is 24.3. The van der Waals surface area contributed by atoms with Crippen LogP contribution in [-0.4, -0.2) is 33.2 Å². The molecule has 0 saturated carbocycles. The summed E-state index contributed by atoms with van der Waals surface area (Å²) < 4.78 is 27.3. The lowest BCUT2D eigenvalue weighted by atomic mass is 9.81. The highest BCUT2D eigenvalue weighted by molar-refractivity contribution is 6.31. The van der Waals surface area contributed by atoms with Crippen LogP contribution in [0.15, 0.2) is 48.5 Å². The smallest absolute Gasteiger partial charge is 0.254 e. The van der Waals surface area contributed by atoms with E-state index in [9.17, 15) is 23.5 Å². The van der Waals surface area contributed by atoms with E-state index in [0.717, 1.165) is 6.07 Å². The van der Waals surface area contributed by atoms with E-state index in [-0.39, 0.29) is 16.4 Å². The van der Waals surface area contributed by atoms with Crippen LogP contribution in [0.4, 0.5) is 14.6 Å². The predicted octanol–water partition coefficient (Wildman–Crippen LogP) is 3.84. The Kier molecular flexibility index (Phi) is 7.14. The number of hydrogen-bond donors (Lipinski definition) is 4. The molecule has 1 heterocycles. The van der Waals surface area contributed by atoms with Crippen LogP contribution in [0.25, 0.3) is 0 Å². The number of anilines is 1. The van der Waals surface area contributed by atoms with Crippen molar-refractivity contribution in [2.24, 2.45) is 0 Å². The zero-order chi connectivity index (χ0) is 24.3. The van der Waals surface area contributed by atoms with E-state index in [2.05, 4.69) is 20.8 Å². The van der Waals surface area contributed by atoms with Gasteiger partial charge < -0.3 is 15.7 Å². The summed E-state index contributed by atoms with van der Waals surface area (Å²) in [7, 11) is 0. The Morgan fingerprint density at radius 3 is 2.36 bits per heavy atom. The summed E-state index contributed by atoms with van der Waals surface area (Å²) in [5.74, 6) is -2.53. The van der Waals surface area contributed by atoms with Crippen molar-refractivity contribution in [3.05, 3.63) is 82.0 Å². The minimum atomic E-state index is -1.54. The van der Waals surface area contributed by atoms with E-state index in [0.29, 0.717) is 11.3 Å². The number of hydrogen-bond acceptors (Lipinski definition) is 4. The van der Waals surface area contributed by atoms with Crippen LogP contribution in [0, 0.1) is 11.6 Å². The second kappa shape index (κ2) is 9.68. The first-order valence-corrected chi connectivity index (χ1v) is 10.4. The summed E-state index contributed by atoms with van der Waals surface area (Å²) >= 11 is 6.00. The SMILES string of the molecule is C[C@H](NC(=O)[C@@H](O)c1ccccc1Cl)C(=O)Nc1cc(C(C)(C)c2cc(F)cc(F)c2)n[nH]1. The van der Waals surface area contributed by atoms with Crippen LogP contribution in [-0.2, 0) is 15.0 Å². The average Bonchev–Trinajstić information content (AvgIpc) is 3.22. The van der Waals surface area contributed by atoms with Gasteiger partial charge in [0.15, 0.2) is 6.10 Å². The van der Waals surface area contributed by atoms with Crippen LogP contribution < -0.4 is 10.6 Å². The van der Waals surface area contributed by atoms with Crippen molar-refractivity contribution in [1.82, 2.24) is 15.5 Å². The molecule has 3 aromatic rings. The van der Waals surface area contributed by atoms with Crippen LogP contribution >= 0.6 is 11.6 Å². The molecular formula is C23H23ClF2N4O3. The second-order valence-corrected chi connectivity index (χ2v) is 8.50. The van der Waals surface area contributed by atoms with Crippen molar-refractivity contribution in [3.8, 4) is 0 Å². The number of benzene rings is 2. The summed E-state index contributed by atoms with van der Waals surface area (Å²) in [6.07, 6.45) is -1.54. The molecule has 174 valence electrons. The number of nitrogens with zero attached hydrogens (tertiary/aromatic N) is 1. The maximum Gasteiger partial charge on any atom is 0.254 e. The molecule has 0 saturated heterocycles. The Morgan fingerprint density at radius 2 is 1.73 bits per heavy atom. The summed E-state index contributed by atoms with van der Waals surface area (Å²) in [6, 6.07) is 10.1. The van der Waals surface area contributed by atoms with Crippen LogP contribution in [0.2, 0.25) is 5.02 Å². The second-order valence-electron chi connectivity index (χ2n) is 8.09. The van der Waals surface area contributed by atoms with Crippen molar-refractivity contribution in [3.63, 3.8) is 0 Å². The fourth-order valence-electron chi connectivity index (χ4n) is 3.21. The van der Waals surface area contributed by atoms with E-state index in [1.165, 1.54) is 31.2 Å². The number of aromatic amines is 1. The number of aromatic nitrogens is 2. The molecule has 0 spiro atoms. The molecule has 3 rings (SSSR count).